The van der Waals surface area contributed by atoms with E-state index in [-0.39, 0.29) is 35.8 Å². The van der Waals surface area contributed by atoms with E-state index < -0.39 is 0 Å². The minimum Gasteiger partial charge on any atom is -0.508 e. The molecule has 7 nitrogen and oxygen atoms in total. The van der Waals surface area contributed by atoms with Crippen LogP contribution in [0.2, 0.25) is 0 Å². The maximum Gasteiger partial charge on any atom is 0.191 e. The van der Waals surface area contributed by atoms with Crippen LogP contribution < -0.4 is 10.6 Å². The molecule has 27 heavy (non-hydrogen) atoms. The van der Waals surface area contributed by atoms with Gasteiger partial charge in [0.1, 0.15) is 11.6 Å². The lowest BCUT2D eigenvalue weighted by Gasteiger charge is -2.25. The van der Waals surface area contributed by atoms with Gasteiger partial charge in [0.15, 0.2) is 11.8 Å². The number of hydrogen-bond donors (Lipinski definition) is 3. The molecule has 1 aliphatic heterocycles. The van der Waals surface area contributed by atoms with Gasteiger partial charge in [-0.2, -0.15) is 5.10 Å². The number of guanidine groups is 1. The van der Waals surface area contributed by atoms with Crippen molar-refractivity contribution in [3.05, 3.63) is 41.5 Å². The zero-order valence-corrected chi connectivity index (χ0v) is 18.5. The Bertz CT molecular complexity index is 756. The second-order valence-electron chi connectivity index (χ2n) is 6.96. The molecule has 0 amide bonds. The number of aromatic nitrogens is 3. The molecule has 2 aromatic rings. The van der Waals surface area contributed by atoms with E-state index >= 15 is 0 Å². The van der Waals surface area contributed by atoms with Gasteiger partial charge in [-0.25, -0.2) is 14.7 Å². The first-order valence-corrected chi connectivity index (χ1v) is 9.31. The molecule has 148 valence electrons. The molecule has 1 aromatic heterocycles. The lowest BCUT2D eigenvalue weighted by Crippen LogP contribution is -2.47. The standard InChI is InChI=1S/C19H28N6O.HI/c1-4-20-19(21-11-14-5-8-16(26)9-6-14)22-15-7-10-17-23-18(13(2)3)24-25(17)12-15;/h5-6,8-9,13,15,26H,4,7,10-12H2,1-3H3,(H2,20,21,22);1H. The van der Waals surface area contributed by atoms with Crippen LogP contribution in [-0.4, -0.2) is 38.4 Å². The molecular formula is C19H29IN6O. The number of nitrogens with zero attached hydrogens (tertiary/aromatic N) is 4. The summed E-state index contributed by atoms with van der Waals surface area (Å²) >= 11 is 0. The Morgan fingerprint density at radius 1 is 1.33 bits per heavy atom. The van der Waals surface area contributed by atoms with Crippen molar-refractivity contribution in [3.8, 4) is 5.75 Å². The Labute approximate surface area is 177 Å². The highest BCUT2D eigenvalue weighted by Gasteiger charge is 2.23. The van der Waals surface area contributed by atoms with Gasteiger partial charge in [0, 0.05) is 24.9 Å². The van der Waals surface area contributed by atoms with Crippen LogP contribution in [-0.2, 0) is 19.5 Å². The number of benzene rings is 1. The van der Waals surface area contributed by atoms with Crippen LogP contribution >= 0.6 is 24.0 Å². The minimum absolute atomic E-state index is 0. The van der Waals surface area contributed by atoms with E-state index in [0.29, 0.717) is 12.5 Å². The number of phenolic OH excluding ortho intramolecular Hbond substituents is 1. The van der Waals surface area contributed by atoms with Crippen molar-refractivity contribution in [2.45, 2.75) is 58.7 Å². The van der Waals surface area contributed by atoms with Crippen molar-refractivity contribution in [2.24, 2.45) is 4.99 Å². The Morgan fingerprint density at radius 3 is 2.74 bits per heavy atom. The molecular weight excluding hydrogens is 455 g/mol. The predicted octanol–water partition coefficient (Wildman–Crippen LogP) is 2.80. The largest absolute Gasteiger partial charge is 0.508 e. The highest BCUT2D eigenvalue weighted by molar-refractivity contribution is 14.0. The van der Waals surface area contributed by atoms with Crippen LogP contribution in [0.15, 0.2) is 29.3 Å². The van der Waals surface area contributed by atoms with E-state index in [1.807, 2.05) is 16.8 Å². The van der Waals surface area contributed by atoms with E-state index in [2.05, 4.69) is 46.5 Å². The van der Waals surface area contributed by atoms with Crippen LogP contribution in [0.25, 0.3) is 0 Å². The van der Waals surface area contributed by atoms with Gasteiger partial charge in [0.05, 0.1) is 13.1 Å². The number of halogens is 1. The molecule has 0 fully saturated rings. The summed E-state index contributed by atoms with van der Waals surface area (Å²) in [6.45, 7) is 8.48. The van der Waals surface area contributed by atoms with Crippen molar-refractivity contribution in [2.75, 3.05) is 6.54 Å². The molecule has 0 bridgehead atoms. The number of aliphatic imine (C=N–C) groups is 1. The van der Waals surface area contributed by atoms with Crippen LogP contribution in [0.5, 0.6) is 5.75 Å². The van der Waals surface area contributed by atoms with Gasteiger partial charge in [-0.3, -0.25) is 0 Å². The van der Waals surface area contributed by atoms with E-state index in [1.165, 1.54) is 0 Å². The van der Waals surface area contributed by atoms with Crippen molar-refractivity contribution in [3.63, 3.8) is 0 Å². The number of aromatic hydroxyl groups is 1. The molecule has 1 aromatic carbocycles. The van der Waals surface area contributed by atoms with Crippen LogP contribution in [0, 0.1) is 0 Å². The van der Waals surface area contributed by atoms with E-state index in [0.717, 1.165) is 49.1 Å². The maximum atomic E-state index is 9.38. The smallest absolute Gasteiger partial charge is 0.191 e. The number of nitrogens with one attached hydrogen (secondary N) is 2. The first-order chi connectivity index (χ1) is 12.5. The predicted molar refractivity (Wildman–Crippen MR) is 118 cm³/mol. The molecule has 2 heterocycles. The zero-order chi connectivity index (χ0) is 18.5. The molecule has 0 aliphatic carbocycles. The Morgan fingerprint density at radius 2 is 2.07 bits per heavy atom. The fourth-order valence-corrected chi connectivity index (χ4v) is 2.98. The summed E-state index contributed by atoms with van der Waals surface area (Å²) in [4.78, 5) is 9.31. The van der Waals surface area contributed by atoms with Crippen molar-refractivity contribution in [1.82, 2.24) is 25.4 Å². The molecule has 1 atom stereocenters. The number of fused-ring (bicyclic) bond motifs is 1. The van der Waals surface area contributed by atoms with Gasteiger partial charge in [-0.1, -0.05) is 26.0 Å². The number of aryl methyl sites for hydroxylation is 1. The lowest BCUT2D eigenvalue weighted by molar-refractivity contribution is 0.391. The second-order valence-corrected chi connectivity index (χ2v) is 6.96. The molecule has 0 radical (unpaired) electrons. The van der Waals surface area contributed by atoms with Gasteiger partial charge in [-0.15, -0.1) is 24.0 Å². The van der Waals surface area contributed by atoms with Crippen LogP contribution in [0.3, 0.4) is 0 Å². The van der Waals surface area contributed by atoms with Crippen molar-refractivity contribution in [1.29, 1.82) is 0 Å². The van der Waals surface area contributed by atoms with Gasteiger partial charge in [0.2, 0.25) is 0 Å². The van der Waals surface area contributed by atoms with Gasteiger partial charge in [0.25, 0.3) is 0 Å². The summed E-state index contributed by atoms with van der Waals surface area (Å²) in [6, 6.07) is 7.42. The van der Waals surface area contributed by atoms with Crippen LogP contribution in [0.1, 0.15) is 50.3 Å². The third-order valence-electron chi connectivity index (χ3n) is 4.43. The minimum atomic E-state index is 0. The highest BCUT2D eigenvalue weighted by atomic mass is 127. The lowest BCUT2D eigenvalue weighted by atomic mass is 10.1. The summed E-state index contributed by atoms with van der Waals surface area (Å²) in [5.41, 5.74) is 1.06. The highest BCUT2D eigenvalue weighted by Crippen LogP contribution is 2.17. The summed E-state index contributed by atoms with van der Waals surface area (Å²) in [5.74, 6) is 3.43. The van der Waals surface area contributed by atoms with Crippen molar-refractivity contribution >= 4 is 29.9 Å². The fourth-order valence-electron chi connectivity index (χ4n) is 2.98. The molecule has 0 spiro atoms. The van der Waals surface area contributed by atoms with E-state index in [9.17, 15) is 5.11 Å². The van der Waals surface area contributed by atoms with Gasteiger partial charge in [-0.05, 0) is 31.0 Å². The van der Waals surface area contributed by atoms with E-state index in [4.69, 9.17) is 0 Å². The number of hydrogen-bond acceptors (Lipinski definition) is 4. The summed E-state index contributed by atoms with van der Waals surface area (Å²) in [7, 11) is 0. The fraction of sp³-hybridized carbons (Fsp3) is 0.526. The summed E-state index contributed by atoms with van der Waals surface area (Å²) < 4.78 is 2.03. The normalized spacial score (nSPS) is 16.6. The third kappa shape index (κ3) is 5.82. The number of phenols is 1. The first kappa shape index (κ1) is 21.5. The average Bonchev–Trinajstić information content (AvgIpc) is 3.05. The molecule has 3 rings (SSSR count). The molecule has 1 aliphatic rings. The topological polar surface area (TPSA) is 87.4 Å². The summed E-state index contributed by atoms with van der Waals surface area (Å²) in [6.07, 6.45) is 1.94. The molecule has 1 unspecified atom stereocenters. The van der Waals surface area contributed by atoms with Crippen molar-refractivity contribution < 1.29 is 5.11 Å². The molecule has 3 N–H and O–H groups in total. The second kappa shape index (κ2) is 9.91. The van der Waals surface area contributed by atoms with E-state index in [1.54, 1.807) is 12.1 Å². The monoisotopic (exact) mass is 484 g/mol. The quantitative estimate of drug-likeness (QED) is 0.345. The summed E-state index contributed by atoms with van der Waals surface area (Å²) in [5, 5.41) is 20.8. The molecule has 0 saturated heterocycles. The SMILES string of the molecule is CCNC(=NCc1ccc(O)cc1)NC1CCc2nc(C(C)C)nn2C1.I. The Balaban J connectivity index is 0.00000261. The number of rotatable bonds is 5. The Kier molecular flexibility index (Phi) is 7.88. The van der Waals surface area contributed by atoms with Gasteiger partial charge < -0.3 is 15.7 Å². The molecule has 0 saturated carbocycles. The van der Waals surface area contributed by atoms with Crippen LogP contribution in [0.4, 0.5) is 0 Å². The maximum absolute atomic E-state index is 9.38. The zero-order valence-electron chi connectivity index (χ0n) is 16.1. The molecule has 8 heteroatoms. The van der Waals surface area contributed by atoms with Gasteiger partial charge >= 0.3 is 0 Å². The first-order valence-electron chi connectivity index (χ1n) is 9.31. The third-order valence-corrected chi connectivity index (χ3v) is 4.43. The average molecular weight is 484 g/mol. The Hall–Kier alpha value is -1.84.